The van der Waals surface area contributed by atoms with E-state index in [1.807, 2.05) is 11.0 Å². The zero-order valence-electron chi connectivity index (χ0n) is 17.4. The van der Waals surface area contributed by atoms with Gasteiger partial charge >= 0.3 is 6.18 Å². The van der Waals surface area contributed by atoms with E-state index in [0.717, 1.165) is 17.0 Å². The third-order valence-electron chi connectivity index (χ3n) is 5.39. The minimum atomic E-state index is -4.41. The Labute approximate surface area is 186 Å². The Hall–Kier alpha value is -3.08. The van der Waals surface area contributed by atoms with Crippen LogP contribution >= 0.6 is 11.3 Å². The van der Waals surface area contributed by atoms with Crippen LogP contribution in [0.2, 0.25) is 0 Å². The molecule has 0 spiro atoms. The highest BCUT2D eigenvalue weighted by Crippen LogP contribution is 2.36. The minimum Gasteiger partial charge on any atom is -0.493 e. The Morgan fingerprint density at radius 3 is 2.44 bits per heavy atom. The minimum absolute atomic E-state index is 0.122. The topological polar surface area (TPSA) is 76.6 Å². The number of methoxy groups -OCH3 is 2. The van der Waals surface area contributed by atoms with Gasteiger partial charge in [-0.1, -0.05) is 11.3 Å². The molecule has 1 aliphatic heterocycles. The Morgan fingerprint density at radius 1 is 1.16 bits per heavy atom. The second kappa shape index (κ2) is 8.81. The summed E-state index contributed by atoms with van der Waals surface area (Å²) in [7, 11) is 3.10. The van der Waals surface area contributed by atoms with E-state index in [1.54, 1.807) is 20.3 Å². The van der Waals surface area contributed by atoms with Crippen LogP contribution in [-0.2, 0) is 11.0 Å². The molecule has 0 saturated carbocycles. The number of hydrogen-bond donors (Lipinski definition) is 1. The molecule has 1 N–H and O–H groups in total. The van der Waals surface area contributed by atoms with Gasteiger partial charge in [0, 0.05) is 37.3 Å². The van der Waals surface area contributed by atoms with Gasteiger partial charge in [0.15, 0.2) is 16.6 Å². The predicted octanol–water partition coefficient (Wildman–Crippen LogP) is 4.58. The molecule has 170 valence electrons. The first kappa shape index (κ1) is 22.1. The number of aromatic nitrogens is 2. The number of anilines is 2. The largest absolute Gasteiger partial charge is 0.493 e. The molecule has 3 heterocycles. The number of alkyl halides is 3. The van der Waals surface area contributed by atoms with Gasteiger partial charge in [0.05, 0.1) is 30.0 Å². The summed E-state index contributed by atoms with van der Waals surface area (Å²) in [5.74, 6) is 1.30. The Kier molecular flexibility index (Phi) is 6.09. The molecule has 1 saturated heterocycles. The van der Waals surface area contributed by atoms with Gasteiger partial charge in [-0.05, 0) is 25.0 Å². The molecule has 0 unspecified atom stereocenters. The number of carbonyl (C=O) groups excluding carboxylic acids is 1. The third-order valence-corrected chi connectivity index (χ3v) is 6.32. The van der Waals surface area contributed by atoms with Crippen molar-refractivity contribution in [2.24, 2.45) is 5.92 Å². The van der Waals surface area contributed by atoms with Gasteiger partial charge < -0.3 is 19.7 Å². The molecule has 0 aliphatic carbocycles. The molecule has 3 aromatic rings. The number of benzene rings is 1. The van der Waals surface area contributed by atoms with Crippen molar-refractivity contribution >= 4 is 38.4 Å². The van der Waals surface area contributed by atoms with Crippen molar-refractivity contribution in [2.75, 3.05) is 37.5 Å². The van der Waals surface area contributed by atoms with E-state index in [4.69, 9.17) is 9.47 Å². The number of nitrogens with zero attached hydrogens (tertiary/aromatic N) is 3. The Balaban J connectivity index is 1.37. The molecule has 0 radical (unpaired) electrons. The zero-order valence-corrected chi connectivity index (χ0v) is 18.2. The van der Waals surface area contributed by atoms with Crippen LogP contribution in [0, 0.1) is 5.92 Å². The normalized spacial score (nSPS) is 15.1. The number of thiazole rings is 1. The van der Waals surface area contributed by atoms with Crippen LogP contribution in [0.5, 0.6) is 11.5 Å². The molecule has 7 nitrogen and oxygen atoms in total. The number of halogens is 3. The van der Waals surface area contributed by atoms with Crippen molar-refractivity contribution in [1.29, 1.82) is 0 Å². The van der Waals surface area contributed by atoms with Gasteiger partial charge in [0.2, 0.25) is 5.91 Å². The van der Waals surface area contributed by atoms with Gasteiger partial charge in [0.25, 0.3) is 0 Å². The summed E-state index contributed by atoms with van der Waals surface area (Å²) in [5, 5.41) is 3.38. The molecular weight excluding hydrogens is 445 g/mol. The lowest BCUT2D eigenvalue weighted by molar-refractivity contribution is -0.137. The van der Waals surface area contributed by atoms with Gasteiger partial charge in [-0.25, -0.2) is 9.97 Å². The van der Waals surface area contributed by atoms with Crippen molar-refractivity contribution in [1.82, 2.24) is 9.97 Å². The second-order valence-corrected chi connectivity index (χ2v) is 8.38. The number of ether oxygens (including phenoxy) is 2. The fourth-order valence-electron chi connectivity index (χ4n) is 3.63. The van der Waals surface area contributed by atoms with Gasteiger partial charge in [-0.3, -0.25) is 4.79 Å². The number of rotatable bonds is 5. The highest BCUT2D eigenvalue weighted by molar-refractivity contribution is 7.22. The molecule has 1 fully saturated rings. The van der Waals surface area contributed by atoms with Crippen molar-refractivity contribution in [3.05, 3.63) is 36.0 Å². The van der Waals surface area contributed by atoms with Crippen molar-refractivity contribution in [3.8, 4) is 11.5 Å². The summed E-state index contributed by atoms with van der Waals surface area (Å²) in [6, 6.07) is 5.97. The van der Waals surface area contributed by atoms with Crippen LogP contribution in [0.15, 0.2) is 30.5 Å². The fraction of sp³-hybridized carbons (Fsp3) is 0.381. The number of fused-ring (bicyclic) bond motifs is 1. The van der Waals surface area contributed by atoms with Crippen LogP contribution in [0.1, 0.15) is 18.4 Å². The second-order valence-electron chi connectivity index (χ2n) is 7.35. The number of carbonyl (C=O) groups is 1. The Bertz CT molecular complexity index is 1070. The zero-order chi connectivity index (χ0) is 22.9. The van der Waals surface area contributed by atoms with E-state index in [0.29, 0.717) is 53.9 Å². The molecule has 1 aromatic carbocycles. The van der Waals surface area contributed by atoms with Crippen LogP contribution < -0.4 is 19.7 Å². The number of pyridine rings is 1. The molecule has 1 amide bonds. The summed E-state index contributed by atoms with van der Waals surface area (Å²) < 4.78 is 49.6. The SMILES string of the molecule is COc1cc2nc(NC(=O)C3CCN(c4ccc(C(F)(F)F)cn4)CC3)sc2cc1OC. The molecule has 4 rings (SSSR count). The van der Waals surface area contributed by atoms with Crippen LogP contribution in [0.4, 0.5) is 24.1 Å². The average Bonchev–Trinajstić information content (AvgIpc) is 3.18. The first-order chi connectivity index (χ1) is 15.3. The van der Waals surface area contributed by atoms with Gasteiger partial charge in [-0.2, -0.15) is 13.2 Å². The molecule has 0 atom stereocenters. The fourth-order valence-corrected chi connectivity index (χ4v) is 4.51. The maximum absolute atomic E-state index is 12.7. The van der Waals surface area contributed by atoms with E-state index in [-0.39, 0.29) is 11.8 Å². The molecule has 0 bridgehead atoms. The van der Waals surface area contributed by atoms with Crippen LogP contribution in [-0.4, -0.2) is 43.2 Å². The van der Waals surface area contributed by atoms with E-state index >= 15 is 0 Å². The highest BCUT2D eigenvalue weighted by atomic mass is 32.1. The van der Waals surface area contributed by atoms with Crippen LogP contribution in [0.3, 0.4) is 0 Å². The lowest BCUT2D eigenvalue weighted by Gasteiger charge is -2.32. The molecule has 32 heavy (non-hydrogen) atoms. The van der Waals surface area contributed by atoms with E-state index in [2.05, 4.69) is 15.3 Å². The van der Waals surface area contributed by atoms with Crippen LogP contribution in [0.25, 0.3) is 10.2 Å². The lowest BCUT2D eigenvalue weighted by atomic mass is 9.96. The number of piperidine rings is 1. The molecule has 2 aromatic heterocycles. The summed E-state index contributed by atoms with van der Waals surface area (Å²) in [5.41, 5.74) is -0.0762. The summed E-state index contributed by atoms with van der Waals surface area (Å²) >= 11 is 1.35. The average molecular weight is 466 g/mol. The number of nitrogens with one attached hydrogen (secondary N) is 1. The number of hydrogen-bond acceptors (Lipinski definition) is 7. The third kappa shape index (κ3) is 4.57. The maximum Gasteiger partial charge on any atom is 0.417 e. The maximum atomic E-state index is 12.7. The lowest BCUT2D eigenvalue weighted by Crippen LogP contribution is -2.38. The predicted molar refractivity (Wildman–Crippen MR) is 116 cm³/mol. The van der Waals surface area contributed by atoms with E-state index in [9.17, 15) is 18.0 Å². The monoisotopic (exact) mass is 466 g/mol. The Morgan fingerprint density at radius 2 is 1.84 bits per heavy atom. The van der Waals surface area contributed by atoms with Crippen molar-refractivity contribution < 1.29 is 27.4 Å². The highest BCUT2D eigenvalue weighted by Gasteiger charge is 2.31. The van der Waals surface area contributed by atoms with Gasteiger partial charge in [0.1, 0.15) is 5.82 Å². The van der Waals surface area contributed by atoms with Gasteiger partial charge in [-0.15, -0.1) is 0 Å². The van der Waals surface area contributed by atoms with E-state index in [1.165, 1.54) is 17.4 Å². The smallest absolute Gasteiger partial charge is 0.417 e. The summed E-state index contributed by atoms with van der Waals surface area (Å²) in [6.07, 6.45) is -2.43. The molecule has 1 aliphatic rings. The first-order valence-corrected chi connectivity index (χ1v) is 10.7. The standard InChI is InChI=1S/C21H21F3N4O3S/c1-30-15-9-14-17(10-16(15)31-2)32-20(26-14)27-19(29)12-5-7-28(8-6-12)18-4-3-13(11-25-18)21(22,23)24/h3-4,9-12H,5-8H2,1-2H3,(H,26,27,29). The first-order valence-electron chi connectivity index (χ1n) is 9.90. The van der Waals surface area contributed by atoms with Crippen molar-refractivity contribution in [2.45, 2.75) is 19.0 Å². The molecular formula is C21H21F3N4O3S. The summed E-state index contributed by atoms with van der Waals surface area (Å²) in [6.45, 7) is 1.06. The number of amides is 1. The quantitative estimate of drug-likeness (QED) is 0.593. The van der Waals surface area contributed by atoms with Crippen molar-refractivity contribution in [3.63, 3.8) is 0 Å². The van der Waals surface area contributed by atoms with E-state index < -0.39 is 11.7 Å². The molecule has 11 heteroatoms. The summed E-state index contributed by atoms with van der Waals surface area (Å²) in [4.78, 5) is 23.0.